The van der Waals surface area contributed by atoms with Crippen molar-refractivity contribution in [3.05, 3.63) is 0 Å². The molecular formula is C10H12N6O5. The second kappa shape index (κ2) is 6.45. The van der Waals surface area contributed by atoms with Crippen LogP contribution in [0.25, 0.3) is 0 Å². The van der Waals surface area contributed by atoms with Crippen molar-refractivity contribution in [3.63, 3.8) is 0 Å². The molecule has 0 radical (unpaired) electrons. The van der Waals surface area contributed by atoms with Gasteiger partial charge in [-0.1, -0.05) is 0 Å². The Labute approximate surface area is 119 Å². The zero-order chi connectivity index (χ0) is 15.2. The van der Waals surface area contributed by atoms with Crippen molar-refractivity contribution in [2.75, 3.05) is 28.4 Å². The summed E-state index contributed by atoms with van der Waals surface area (Å²) < 4.78 is 24.9. The highest BCUT2D eigenvalue weighted by molar-refractivity contribution is 5.15. The van der Waals surface area contributed by atoms with E-state index in [0.717, 1.165) is 0 Å². The quantitative estimate of drug-likeness (QED) is 0.708. The summed E-state index contributed by atoms with van der Waals surface area (Å²) in [7, 11) is 5.59. The molecule has 0 N–H and O–H groups in total. The van der Waals surface area contributed by atoms with E-state index < -0.39 is 0 Å². The Kier molecular flexibility index (Phi) is 4.43. The molecule has 0 saturated carbocycles. The molecule has 0 aliphatic heterocycles. The van der Waals surface area contributed by atoms with E-state index in [1.54, 1.807) is 0 Å². The molecule has 0 bridgehead atoms. The molecule has 2 heterocycles. The molecule has 0 aliphatic carbocycles. The van der Waals surface area contributed by atoms with Crippen molar-refractivity contribution < 1.29 is 23.7 Å². The predicted octanol–water partition coefficient (Wildman–Crippen LogP) is -0.117. The Balaban J connectivity index is 2.32. The summed E-state index contributed by atoms with van der Waals surface area (Å²) in [5, 5.41) is 0. The molecule has 0 saturated heterocycles. The Morgan fingerprint density at radius 2 is 0.667 bits per heavy atom. The molecule has 0 atom stereocenters. The van der Waals surface area contributed by atoms with Crippen LogP contribution in [0.15, 0.2) is 0 Å². The summed E-state index contributed by atoms with van der Waals surface area (Å²) in [4.78, 5) is 23.2. The predicted molar refractivity (Wildman–Crippen MR) is 65.9 cm³/mol. The van der Waals surface area contributed by atoms with Crippen LogP contribution in [0.5, 0.6) is 36.1 Å². The lowest BCUT2D eigenvalue weighted by atomic mass is 10.9. The summed E-state index contributed by atoms with van der Waals surface area (Å²) in [6.07, 6.45) is 0. The molecule has 0 aromatic carbocycles. The minimum atomic E-state index is -0.117. The van der Waals surface area contributed by atoms with Crippen molar-refractivity contribution in [2.24, 2.45) is 0 Å². The first kappa shape index (κ1) is 14.4. The highest BCUT2D eigenvalue weighted by Crippen LogP contribution is 2.21. The number of methoxy groups -OCH3 is 4. The van der Waals surface area contributed by atoms with Crippen LogP contribution in [0.4, 0.5) is 0 Å². The molecule has 21 heavy (non-hydrogen) atoms. The molecule has 0 aliphatic rings. The molecule has 0 spiro atoms. The van der Waals surface area contributed by atoms with Gasteiger partial charge in [0.1, 0.15) is 0 Å². The summed E-state index contributed by atoms with van der Waals surface area (Å²) >= 11 is 0. The molecule has 112 valence electrons. The van der Waals surface area contributed by atoms with Gasteiger partial charge in [-0.25, -0.2) is 0 Å². The summed E-state index contributed by atoms with van der Waals surface area (Å²) in [6.45, 7) is 0. The molecule has 11 nitrogen and oxygen atoms in total. The van der Waals surface area contributed by atoms with Crippen LogP contribution in [0.2, 0.25) is 0 Å². The molecule has 11 heteroatoms. The van der Waals surface area contributed by atoms with Crippen molar-refractivity contribution in [1.29, 1.82) is 0 Å². The first-order valence-electron chi connectivity index (χ1n) is 5.54. The van der Waals surface area contributed by atoms with E-state index in [4.69, 9.17) is 23.7 Å². The average Bonchev–Trinajstić information content (AvgIpc) is 2.53. The Morgan fingerprint density at radius 1 is 0.429 bits per heavy atom. The third kappa shape index (κ3) is 3.52. The van der Waals surface area contributed by atoms with Gasteiger partial charge in [0, 0.05) is 0 Å². The van der Waals surface area contributed by atoms with Gasteiger partial charge in [0.05, 0.1) is 28.4 Å². The average molecular weight is 296 g/mol. The SMILES string of the molecule is COc1nc(OC)nc(Oc2nc(OC)nc(OC)n2)n1. The first-order chi connectivity index (χ1) is 10.2. The second-order valence-electron chi connectivity index (χ2n) is 3.28. The standard InChI is InChI=1S/C10H12N6O5/c1-17-5-11-6(18-2)14-9(13-5)21-10-15-7(19-3)12-8(16-10)20-4/h1-4H3. The highest BCUT2D eigenvalue weighted by Gasteiger charge is 2.13. The van der Waals surface area contributed by atoms with E-state index in [0.29, 0.717) is 0 Å². The zero-order valence-electron chi connectivity index (χ0n) is 11.7. The van der Waals surface area contributed by atoms with Crippen LogP contribution < -0.4 is 23.7 Å². The maximum atomic E-state index is 5.30. The minimum absolute atomic E-state index is 0.0184. The van der Waals surface area contributed by atoms with Gasteiger partial charge in [-0.05, 0) is 0 Å². The van der Waals surface area contributed by atoms with E-state index in [1.165, 1.54) is 28.4 Å². The molecule has 2 aromatic rings. The van der Waals surface area contributed by atoms with Gasteiger partial charge < -0.3 is 23.7 Å². The van der Waals surface area contributed by atoms with Crippen LogP contribution in [-0.2, 0) is 0 Å². The monoisotopic (exact) mass is 296 g/mol. The third-order valence-electron chi connectivity index (χ3n) is 2.06. The fourth-order valence-corrected chi connectivity index (χ4v) is 1.18. The van der Waals surface area contributed by atoms with E-state index in [2.05, 4.69) is 29.9 Å². The van der Waals surface area contributed by atoms with Crippen LogP contribution in [0.1, 0.15) is 0 Å². The third-order valence-corrected chi connectivity index (χ3v) is 2.06. The van der Waals surface area contributed by atoms with E-state index in [1.807, 2.05) is 0 Å². The first-order valence-corrected chi connectivity index (χ1v) is 5.54. The van der Waals surface area contributed by atoms with Crippen molar-refractivity contribution in [2.45, 2.75) is 0 Å². The fourth-order valence-electron chi connectivity index (χ4n) is 1.18. The van der Waals surface area contributed by atoms with Crippen LogP contribution in [0, 0.1) is 0 Å². The van der Waals surface area contributed by atoms with E-state index in [9.17, 15) is 0 Å². The maximum absolute atomic E-state index is 5.30. The van der Waals surface area contributed by atoms with E-state index >= 15 is 0 Å². The number of rotatable bonds is 6. The van der Waals surface area contributed by atoms with Crippen LogP contribution in [0.3, 0.4) is 0 Å². The van der Waals surface area contributed by atoms with Crippen LogP contribution >= 0.6 is 0 Å². The molecule has 0 unspecified atom stereocenters. The van der Waals surface area contributed by atoms with Gasteiger partial charge in [-0.15, -0.1) is 29.9 Å². The van der Waals surface area contributed by atoms with Gasteiger partial charge in [0.25, 0.3) is 0 Å². The number of ether oxygens (including phenoxy) is 5. The van der Waals surface area contributed by atoms with E-state index in [-0.39, 0.29) is 36.1 Å². The number of hydrogen-bond donors (Lipinski definition) is 0. The summed E-state index contributed by atoms with van der Waals surface area (Å²) in [6, 6.07) is -0.160. The molecule has 0 fully saturated rings. The second-order valence-corrected chi connectivity index (χ2v) is 3.28. The van der Waals surface area contributed by atoms with Gasteiger partial charge in [0.2, 0.25) is 0 Å². The maximum Gasteiger partial charge on any atom is 0.333 e. The van der Waals surface area contributed by atoms with Crippen molar-refractivity contribution in [3.8, 4) is 36.1 Å². The fraction of sp³-hybridized carbons (Fsp3) is 0.400. The molecular weight excluding hydrogens is 284 g/mol. The lowest BCUT2D eigenvalue weighted by molar-refractivity contribution is 0.299. The van der Waals surface area contributed by atoms with Gasteiger partial charge in [-0.3, -0.25) is 0 Å². The molecule has 2 rings (SSSR count). The zero-order valence-corrected chi connectivity index (χ0v) is 11.7. The highest BCUT2D eigenvalue weighted by atomic mass is 16.5. The van der Waals surface area contributed by atoms with Crippen LogP contribution in [-0.4, -0.2) is 58.3 Å². The largest absolute Gasteiger partial charge is 0.467 e. The number of aromatic nitrogens is 6. The lowest BCUT2D eigenvalue weighted by Gasteiger charge is -2.06. The smallest absolute Gasteiger partial charge is 0.333 e. The Morgan fingerprint density at radius 3 is 0.905 bits per heavy atom. The van der Waals surface area contributed by atoms with Crippen molar-refractivity contribution in [1.82, 2.24) is 29.9 Å². The lowest BCUT2D eigenvalue weighted by Crippen LogP contribution is -2.05. The number of hydrogen-bond acceptors (Lipinski definition) is 11. The Bertz CT molecular complexity index is 527. The van der Waals surface area contributed by atoms with Gasteiger partial charge in [0.15, 0.2) is 0 Å². The van der Waals surface area contributed by atoms with Gasteiger partial charge >= 0.3 is 36.1 Å². The molecule has 2 aromatic heterocycles. The molecule has 0 amide bonds. The van der Waals surface area contributed by atoms with Gasteiger partial charge in [-0.2, -0.15) is 0 Å². The Hall–Kier alpha value is -2.98. The topological polar surface area (TPSA) is 123 Å². The minimum Gasteiger partial charge on any atom is -0.467 e. The van der Waals surface area contributed by atoms with Crippen molar-refractivity contribution >= 4 is 0 Å². The normalized spacial score (nSPS) is 9.90. The number of nitrogens with zero attached hydrogens (tertiary/aromatic N) is 6. The summed E-state index contributed by atoms with van der Waals surface area (Å²) in [5.74, 6) is 0. The summed E-state index contributed by atoms with van der Waals surface area (Å²) in [5.41, 5.74) is 0.